The van der Waals surface area contributed by atoms with Crippen LogP contribution in [0.4, 0.5) is 0 Å². The maximum absolute atomic E-state index is 14.1. The van der Waals surface area contributed by atoms with Crippen molar-refractivity contribution in [3.63, 3.8) is 0 Å². The minimum absolute atomic E-state index is 0.290. The Hall–Kier alpha value is -0.360. The summed E-state index contributed by atoms with van der Waals surface area (Å²) in [5, 5.41) is 0. The highest BCUT2D eigenvalue weighted by Crippen LogP contribution is 2.67. The summed E-state index contributed by atoms with van der Waals surface area (Å²) >= 11 is 3.67. The molecule has 12 bridgehead atoms. The van der Waals surface area contributed by atoms with Crippen molar-refractivity contribution in [1.82, 2.24) is 9.44 Å². The van der Waals surface area contributed by atoms with Crippen molar-refractivity contribution >= 4 is 35.7 Å². The summed E-state index contributed by atoms with van der Waals surface area (Å²) in [6.45, 7) is 0. The van der Waals surface area contributed by atoms with Crippen molar-refractivity contribution in [3.8, 4) is 0 Å². The molecule has 12 fully saturated rings. The van der Waals surface area contributed by atoms with E-state index in [-0.39, 0.29) is 10.8 Å². The van der Waals surface area contributed by atoms with E-state index in [1.54, 1.807) is 0 Å². The van der Waals surface area contributed by atoms with Gasteiger partial charge in [0.2, 0.25) is 11.8 Å². The number of hydrogen-bond acceptors (Lipinski definition) is 4. The summed E-state index contributed by atoms with van der Waals surface area (Å²) in [5.41, 5.74) is -0.607. The molecule has 0 aromatic rings. The second-order valence-corrected chi connectivity index (χ2v) is 19.3. The Morgan fingerprint density at radius 2 is 0.737 bits per heavy atom. The first kappa shape index (κ1) is 24.3. The fourth-order valence-corrected chi connectivity index (χ4v) is 16.6. The summed E-state index contributed by atoms with van der Waals surface area (Å²) in [7, 11) is 0. The van der Waals surface area contributed by atoms with E-state index in [9.17, 15) is 9.59 Å². The average molecular weight is 555 g/mol. The molecule has 12 rings (SSSR count). The van der Waals surface area contributed by atoms with Gasteiger partial charge in [-0.2, -0.15) is 0 Å². The van der Waals surface area contributed by atoms with E-state index in [0.717, 1.165) is 67.6 Å². The molecule has 12 aliphatic rings. The van der Waals surface area contributed by atoms with Crippen LogP contribution in [0.5, 0.6) is 0 Å². The Bertz CT molecular complexity index is 893. The van der Waals surface area contributed by atoms with Crippen LogP contribution in [0.3, 0.4) is 0 Å². The lowest BCUT2D eigenvalue weighted by Gasteiger charge is -2.61. The first-order valence-electron chi connectivity index (χ1n) is 16.3. The molecule has 4 nitrogen and oxygen atoms in total. The van der Waals surface area contributed by atoms with E-state index in [1.807, 2.05) is 23.9 Å². The van der Waals surface area contributed by atoms with Gasteiger partial charge in [-0.05, 0) is 187 Å². The summed E-state index contributed by atoms with van der Waals surface area (Å²) in [6, 6.07) is 0. The monoisotopic (exact) mass is 554 g/mol. The van der Waals surface area contributed by atoms with Gasteiger partial charge < -0.3 is 0 Å². The maximum atomic E-state index is 14.1. The summed E-state index contributed by atoms with van der Waals surface area (Å²) in [6.07, 6.45) is 22.7. The van der Waals surface area contributed by atoms with Gasteiger partial charge in [0.15, 0.2) is 0 Å². The van der Waals surface area contributed by atoms with Crippen LogP contribution in [0.25, 0.3) is 0 Å². The van der Waals surface area contributed by atoms with E-state index >= 15 is 0 Å². The minimum atomic E-state index is -0.304. The molecule has 208 valence electrons. The van der Waals surface area contributed by atoms with Gasteiger partial charge in [0.25, 0.3) is 0 Å². The fourth-order valence-electron chi connectivity index (χ4n) is 13.6. The van der Waals surface area contributed by atoms with E-state index in [0.29, 0.717) is 33.1 Å². The third-order valence-electron chi connectivity index (χ3n) is 13.7. The number of amides is 2. The van der Waals surface area contributed by atoms with E-state index in [2.05, 4.69) is 9.44 Å². The van der Waals surface area contributed by atoms with E-state index < -0.39 is 0 Å². The van der Waals surface area contributed by atoms with Crippen molar-refractivity contribution in [2.75, 3.05) is 0 Å². The topological polar surface area (TPSA) is 58.2 Å². The largest absolute Gasteiger partial charge is 0.299 e. The molecule has 0 radical (unpaired) electrons. The molecule has 0 aromatic heterocycles. The van der Waals surface area contributed by atoms with Crippen molar-refractivity contribution in [2.24, 2.45) is 58.2 Å². The van der Waals surface area contributed by atoms with Gasteiger partial charge in [-0.1, -0.05) is 0 Å². The van der Waals surface area contributed by atoms with Gasteiger partial charge >= 0.3 is 0 Å². The second kappa shape index (κ2) is 8.13. The number of hydrogen-bond donors (Lipinski definition) is 2. The molecule has 0 saturated heterocycles. The van der Waals surface area contributed by atoms with Crippen LogP contribution in [-0.4, -0.2) is 21.3 Å². The Morgan fingerprint density at radius 1 is 0.447 bits per heavy atom. The molecule has 0 spiro atoms. The first-order valence-corrected chi connectivity index (χ1v) is 17.9. The predicted octanol–water partition coefficient (Wildman–Crippen LogP) is 7.04. The van der Waals surface area contributed by atoms with Gasteiger partial charge in [0.1, 0.15) is 0 Å². The molecule has 0 unspecified atom stereocenters. The zero-order valence-electron chi connectivity index (χ0n) is 23.0. The predicted molar refractivity (Wildman–Crippen MR) is 153 cm³/mol. The summed E-state index contributed by atoms with van der Waals surface area (Å²) in [4.78, 5) is 28.1. The molecule has 12 saturated carbocycles. The second-order valence-electron chi connectivity index (χ2n) is 16.8. The van der Waals surface area contributed by atoms with E-state index in [4.69, 9.17) is 0 Å². The zero-order chi connectivity index (χ0) is 25.3. The molecule has 2 N–H and O–H groups in total. The highest BCUT2D eigenvalue weighted by Gasteiger charge is 2.64. The third-order valence-corrected chi connectivity index (χ3v) is 16.1. The van der Waals surface area contributed by atoms with Crippen LogP contribution in [-0.2, 0) is 9.59 Å². The van der Waals surface area contributed by atoms with Crippen LogP contribution >= 0.6 is 23.9 Å². The SMILES string of the molecule is O=C(NSC12CC3CC(CC(C3)C1)C2)C12CC3CC(C1)CC(C(=O)NSC14CC5CC(CC(C5)C1)C4)(C3)C2. The Labute approximate surface area is 237 Å². The standard InChI is InChI=1S/C32H46N2O2S2/c35-27(33-37-31-12-19-1-20(13-31)3-21(2-19)14-31)29-8-25-7-26(9-29)11-30(10-25,18-29)28(36)34-38-32-15-22-4-23(16-32)6-24(5-22)17-32/h19-26H,1-18H2,(H,33,35)(H,34,36). The zero-order valence-corrected chi connectivity index (χ0v) is 24.6. The van der Waals surface area contributed by atoms with Gasteiger partial charge in [-0.25, -0.2) is 0 Å². The Morgan fingerprint density at radius 3 is 1.05 bits per heavy atom. The molecule has 0 aliphatic heterocycles. The molecule has 38 heavy (non-hydrogen) atoms. The van der Waals surface area contributed by atoms with Crippen molar-refractivity contribution in [1.29, 1.82) is 0 Å². The molecule has 2 amide bonds. The normalized spacial score (nSPS) is 56.4. The quantitative estimate of drug-likeness (QED) is 0.346. The summed E-state index contributed by atoms with van der Waals surface area (Å²) in [5.74, 6) is 7.13. The maximum Gasteiger partial charge on any atom is 0.236 e. The molecule has 0 atom stereocenters. The van der Waals surface area contributed by atoms with Crippen LogP contribution in [0.2, 0.25) is 0 Å². The van der Waals surface area contributed by atoms with Crippen LogP contribution in [0.1, 0.15) is 116 Å². The highest BCUT2D eigenvalue weighted by molar-refractivity contribution is 7.99. The lowest BCUT2D eigenvalue weighted by atomic mass is 9.44. The highest BCUT2D eigenvalue weighted by atomic mass is 32.2. The van der Waals surface area contributed by atoms with Gasteiger partial charge in [0.05, 0.1) is 10.8 Å². The van der Waals surface area contributed by atoms with Crippen molar-refractivity contribution in [3.05, 3.63) is 0 Å². The number of carbonyl (C=O) groups is 2. The van der Waals surface area contributed by atoms with Crippen LogP contribution in [0, 0.1) is 58.2 Å². The molecule has 0 heterocycles. The van der Waals surface area contributed by atoms with Crippen LogP contribution in [0.15, 0.2) is 0 Å². The molecular weight excluding hydrogens is 508 g/mol. The number of nitrogens with one attached hydrogen (secondary N) is 2. The van der Waals surface area contributed by atoms with Gasteiger partial charge in [-0.15, -0.1) is 0 Å². The molecule has 0 aromatic carbocycles. The van der Waals surface area contributed by atoms with Gasteiger partial charge in [0, 0.05) is 9.49 Å². The van der Waals surface area contributed by atoms with E-state index in [1.165, 1.54) is 83.5 Å². The number of rotatable bonds is 6. The smallest absolute Gasteiger partial charge is 0.236 e. The first-order chi connectivity index (χ1) is 18.3. The van der Waals surface area contributed by atoms with Crippen molar-refractivity contribution < 1.29 is 9.59 Å². The Kier molecular flexibility index (Phi) is 5.19. The van der Waals surface area contributed by atoms with Gasteiger partial charge in [-0.3, -0.25) is 19.0 Å². The lowest BCUT2D eigenvalue weighted by Crippen LogP contribution is -2.61. The Balaban J connectivity index is 0.899. The van der Waals surface area contributed by atoms with Crippen LogP contribution < -0.4 is 9.44 Å². The fraction of sp³-hybridized carbons (Fsp3) is 0.938. The minimum Gasteiger partial charge on any atom is -0.299 e. The van der Waals surface area contributed by atoms with Crippen molar-refractivity contribution in [2.45, 2.75) is 125 Å². The summed E-state index contributed by atoms with van der Waals surface area (Å²) < 4.78 is 7.63. The molecule has 12 aliphatic carbocycles. The lowest BCUT2D eigenvalue weighted by molar-refractivity contribution is -0.165. The number of carbonyl (C=O) groups excluding carboxylic acids is 2. The average Bonchev–Trinajstić information content (AvgIpc) is 2.83. The third kappa shape index (κ3) is 3.69. The molecule has 6 heteroatoms. The molecular formula is C32H46N2O2S2.